The van der Waals surface area contributed by atoms with E-state index in [9.17, 15) is 0 Å². The van der Waals surface area contributed by atoms with E-state index in [-0.39, 0.29) is 0 Å². The first-order valence-corrected chi connectivity index (χ1v) is 24.2. The Balaban J connectivity index is 0.851. The standard InChI is InChI=1S/C64H44N4O2/c1-39-22-24-43(25-23-39)62-65-63(44-28-26-42(27-29-44)40-12-4-2-5-13-40)67-64(66-62)47-30-33-50-54-37-46(32-35-58(54)69-59(50)38-47)48-17-10-18-51-52-19-11-21-57(61(52)70-60(48)51)68-55-20-9-8-16-49(55)53-36-45(31-34-56(53)68)41-14-6-3-7-15-41/h2-14,16-22,24-39,41H,15,23H2,1H3. The van der Waals surface area contributed by atoms with Gasteiger partial charge in [-0.15, -0.1) is 0 Å². The molecule has 0 radical (unpaired) electrons. The van der Waals surface area contributed by atoms with Gasteiger partial charge in [-0.1, -0.05) is 171 Å². The van der Waals surface area contributed by atoms with Gasteiger partial charge in [0.2, 0.25) is 0 Å². The molecule has 0 aliphatic heterocycles. The number of aromatic nitrogens is 4. The average Bonchev–Trinajstić information content (AvgIpc) is 4.10. The maximum absolute atomic E-state index is 7.09. The molecule has 0 fully saturated rings. The van der Waals surface area contributed by atoms with Crippen LogP contribution in [0, 0.1) is 5.92 Å². The predicted molar refractivity (Wildman–Crippen MR) is 287 cm³/mol. The summed E-state index contributed by atoms with van der Waals surface area (Å²) < 4.78 is 16.1. The Kier molecular flexibility index (Phi) is 9.27. The van der Waals surface area contributed by atoms with Crippen LogP contribution >= 0.6 is 0 Å². The fraction of sp³-hybridized carbons (Fsp3) is 0.0781. The van der Waals surface area contributed by atoms with Crippen LogP contribution in [0.5, 0.6) is 0 Å². The van der Waals surface area contributed by atoms with E-state index in [0.29, 0.717) is 29.3 Å². The van der Waals surface area contributed by atoms with Crippen LogP contribution in [0.4, 0.5) is 0 Å². The third-order valence-corrected chi connectivity index (χ3v) is 14.3. The topological polar surface area (TPSA) is 69.9 Å². The number of benzene rings is 8. The Labute approximate surface area is 403 Å². The first kappa shape index (κ1) is 40.2. The zero-order valence-corrected chi connectivity index (χ0v) is 38.4. The van der Waals surface area contributed by atoms with E-state index in [1.54, 1.807) is 0 Å². The van der Waals surface area contributed by atoms with E-state index in [0.717, 1.165) is 107 Å². The van der Waals surface area contributed by atoms with Crippen molar-refractivity contribution in [2.24, 2.45) is 5.92 Å². The van der Waals surface area contributed by atoms with Crippen molar-refractivity contribution in [3.63, 3.8) is 0 Å². The zero-order valence-electron chi connectivity index (χ0n) is 38.4. The molecular weight excluding hydrogens is 857 g/mol. The van der Waals surface area contributed by atoms with Crippen LogP contribution in [0.2, 0.25) is 0 Å². The van der Waals surface area contributed by atoms with Gasteiger partial charge in [0, 0.05) is 60.5 Å². The van der Waals surface area contributed by atoms with E-state index < -0.39 is 0 Å². The SMILES string of the molecule is CC1C=CC(c2nc(-c3ccc(-c4ccccc4)cc3)nc(-c3ccc4c(c3)oc3ccc(-c5cccc6c5oc5c(-n7c8ccccc8c8cc(C9C=CC=CC9)ccc87)cccc56)cc34)n2)=CC1. The number of hydrogen-bond donors (Lipinski definition) is 0. The van der Waals surface area contributed by atoms with E-state index in [2.05, 4.69) is 218 Å². The Bertz CT molecular complexity index is 4200. The molecule has 0 saturated carbocycles. The van der Waals surface area contributed by atoms with Crippen molar-refractivity contribution < 1.29 is 8.83 Å². The van der Waals surface area contributed by atoms with Crippen LogP contribution in [0.15, 0.2) is 221 Å². The number of rotatable bonds is 7. The van der Waals surface area contributed by atoms with Crippen molar-refractivity contribution in [3.8, 4) is 50.7 Å². The zero-order chi connectivity index (χ0) is 46.3. The summed E-state index contributed by atoms with van der Waals surface area (Å²) in [6, 6.07) is 60.2. The highest BCUT2D eigenvalue weighted by Gasteiger charge is 2.22. The fourth-order valence-corrected chi connectivity index (χ4v) is 10.7. The van der Waals surface area contributed by atoms with Crippen LogP contribution in [0.25, 0.3) is 122 Å². The van der Waals surface area contributed by atoms with Crippen molar-refractivity contribution in [3.05, 3.63) is 224 Å². The lowest BCUT2D eigenvalue weighted by Crippen LogP contribution is -2.04. The van der Waals surface area contributed by atoms with E-state index in [1.165, 1.54) is 21.9 Å². The molecule has 14 rings (SSSR count). The highest BCUT2D eigenvalue weighted by molar-refractivity contribution is 6.15. The molecule has 2 aliphatic carbocycles. The highest BCUT2D eigenvalue weighted by atomic mass is 16.3. The lowest BCUT2D eigenvalue weighted by atomic mass is 9.91. The second kappa shape index (κ2) is 16.1. The predicted octanol–water partition coefficient (Wildman–Crippen LogP) is 17.0. The molecule has 4 heterocycles. The van der Waals surface area contributed by atoms with E-state index in [1.807, 2.05) is 6.07 Å². The van der Waals surface area contributed by atoms with E-state index >= 15 is 0 Å². The smallest absolute Gasteiger partial charge is 0.164 e. The van der Waals surface area contributed by atoms with Gasteiger partial charge in [0.15, 0.2) is 23.1 Å². The van der Waals surface area contributed by atoms with E-state index in [4.69, 9.17) is 23.8 Å². The quantitative estimate of drug-likeness (QED) is 0.159. The summed E-state index contributed by atoms with van der Waals surface area (Å²) in [6.07, 6.45) is 17.4. The average molecular weight is 901 g/mol. The molecule has 332 valence electrons. The molecule has 6 nitrogen and oxygen atoms in total. The lowest BCUT2D eigenvalue weighted by Gasteiger charge is -2.14. The first-order valence-electron chi connectivity index (χ1n) is 24.2. The number of nitrogens with zero attached hydrogens (tertiary/aromatic N) is 4. The summed E-state index contributed by atoms with van der Waals surface area (Å²) in [4.78, 5) is 15.2. The molecule has 0 bridgehead atoms. The summed E-state index contributed by atoms with van der Waals surface area (Å²) in [5.74, 6) is 2.73. The first-order chi connectivity index (χ1) is 34.6. The van der Waals surface area contributed by atoms with Crippen LogP contribution in [0.1, 0.15) is 37.1 Å². The second-order valence-electron chi connectivity index (χ2n) is 18.7. The molecule has 70 heavy (non-hydrogen) atoms. The van der Waals surface area contributed by atoms with Gasteiger partial charge < -0.3 is 13.4 Å². The molecule has 8 aromatic carbocycles. The minimum absolute atomic E-state index is 0.371. The van der Waals surface area contributed by atoms with Crippen LogP contribution in [0.3, 0.4) is 0 Å². The highest BCUT2D eigenvalue weighted by Crippen LogP contribution is 2.43. The fourth-order valence-electron chi connectivity index (χ4n) is 10.7. The van der Waals surface area contributed by atoms with Crippen molar-refractivity contribution in [1.29, 1.82) is 0 Å². The third-order valence-electron chi connectivity index (χ3n) is 14.3. The Morgan fingerprint density at radius 1 is 0.471 bits per heavy atom. The summed E-state index contributed by atoms with van der Waals surface area (Å²) in [5.41, 5.74) is 15.1. The largest absolute Gasteiger partial charge is 0.456 e. The summed E-state index contributed by atoms with van der Waals surface area (Å²) in [6.45, 7) is 2.22. The Morgan fingerprint density at radius 3 is 2.04 bits per heavy atom. The number of para-hydroxylation sites is 3. The normalized spacial score (nSPS) is 15.9. The maximum Gasteiger partial charge on any atom is 0.164 e. The van der Waals surface area contributed by atoms with Gasteiger partial charge in [-0.05, 0) is 89.5 Å². The molecule has 6 heteroatoms. The van der Waals surface area contributed by atoms with Crippen molar-refractivity contribution in [1.82, 2.24) is 19.5 Å². The Hall–Kier alpha value is -8.87. The van der Waals surface area contributed by atoms with Gasteiger partial charge in [-0.3, -0.25) is 0 Å². The van der Waals surface area contributed by atoms with Crippen molar-refractivity contribution >= 4 is 71.3 Å². The summed E-state index contributed by atoms with van der Waals surface area (Å²) >= 11 is 0. The van der Waals surface area contributed by atoms with Gasteiger partial charge in [0.1, 0.15) is 16.7 Å². The minimum atomic E-state index is 0.371. The number of hydrogen-bond acceptors (Lipinski definition) is 5. The number of furan rings is 2. The molecule has 0 amide bonds. The monoisotopic (exact) mass is 900 g/mol. The molecule has 12 aromatic rings. The molecule has 0 saturated heterocycles. The minimum Gasteiger partial charge on any atom is -0.456 e. The molecule has 2 atom stereocenters. The Morgan fingerprint density at radius 2 is 1.20 bits per heavy atom. The van der Waals surface area contributed by atoms with Crippen LogP contribution in [-0.4, -0.2) is 19.5 Å². The molecular formula is C64H44N4O2. The molecule has 0 N–H and O–H groups in total. The van der Waals surface area contributed by atoms with Crippen LogP contribution in [-0.2, 0) is 0 Å². The van der Waals surface area contributed by atoms with Gasteiger partial charge in [-0.2, -0.15) is 0 Å². The van der Waals surface area contributed by atoms with Gasteiger partial charge in [0.25, 0.3) is 0 Å². The van der Waals surface area contributed by atoms with Gasteiger partial charge >= 0.3 is 0 Å². The van der Waals surface area contributed by atoms with Crippen molar-refractivity contribution in [2.45, 2.75) is 25.7 Å². The van der Waals surface area contributed by atoms with Crippen LogP contribution < -0.4 is 0 Å². The molecule has 4 aromatic heterocycles. The maximum atomic E-state index is 7.09. The lowest BCUT2D eigenvalue weighted by molar-refractivity contribution is 0.667. The molecule has 2 unspecified atom stereocenters. The molecule has 0 spiro atoms. The number of allylic oxidation sites excluding steroid dienone is 8. The van der Waals surface area contributed by atoms with Gasteiger partial charge in [-0.25, -0.2) is 15.0 Å². The summed E-state index contributed by atoms with van der Waals surface area (Å²) in [7, 11) is 0. The third kappa shape index (κ3) is 6.67. The second-order valence-corrected chi connectivity index (χ2v) is 18.7. The summed E-state index contributed by atoms with van der Waals surface area (Å²) in [5, 5.41) is 6.68. The molecule has 2 aliphatic rings. The van der Waals surface area contributed by atoms with Gasteiger partial charge in [0.05, 0.1) is 16.7 Å². The van der Waals surface area contributed by atoms with Crippen molar-refractivity contribution in [2.75, 3.05) is 0 Å². The number of fused-ring (bicyclic) bond motifs is 9.